The van der Waals surface area contributed by atoms with E-state index in [4.69, 9.17) is 5.11 Å². The lowest BCUT2D eigenvalue weighted by Crippen LogP contribution is -2.11. The van der Waals surface area contributed by atoms with Crippen LogP contribution in [0.25, 0.3) is 0 Å². The Labute approximate surface area is 111 Å². The van der Waals surface area contributed by atoms with Crippen molar-refractivity contribution in [1.29, 1.82) is 0 Å². The summed E-state index contributed by atoms with van der Waals surface area (Å²) in [6.45, 7) is 4.06. The lowest BCUT2D eigenvalue weighted by Gasteiger charge is -2.09. The van der Waals surface area contributed by atoms with E-state index in [9.17, 15) is 14.9 Å². The number of hydrogen-bond acceptors (Lipinski definition) is 4. The molecule has 1 aromatic rings. The molecule has 6 nitrogen and oxygen atoms in total. The van der Waals surface area contributed by atoms with Crippen molar-refractivity contribution in [3.8, 4) is 0 Å². The summed E-state index contributed by atoms with van der Waals surface area (Å²) in [5.41, 5.74) is 1.56. The zero-order chi connectivity index (χ0) is 14.4. The van der Waals surface area contributed by atoms with Gasteiger partial charge in [0.05, 0.1) is 10.8 Å². The van der Waals surface area contributed by atoms with Crippen molar-refractivity contribution in [2.75, 3.05) is 11.9 Å². The first-order chi connectivity index (χ1) is 8.90. The van der Waals surface area contributed by atoms with Gasteiger partial charge in [-0.2, -0.15) is 0 Å². The van der Waals surface area contributed by atoms with Crippen molar-refractivity contribution in [3.05, 3.63) is 33.9 Å². The Morgan fingerprint density at radius 2 is 2.16 bits per heavy atom. The molecule has 0 saturated heterocycles. The van der Waals surface area contributed by atoms with Crippen LogP contribution in [-0.2, 0) is 4.79 Å². The van der Waals surface area contributed by atoms with Crippen molar-refractivity contribution in [2.24, 2.45) is 5.92 Å². The molecule has 1 rings (SSSR count). The minimum Gasteiger partial charge on any atom is -0.481 e. The topological polar surface area (TPSA) is 92.5 Å². The molecule has 0 aliphatic rings. The molecule has 6 heteroatoms. The van der Waals surface area contributed by atoms with E-state index in [1.807, 2.05) is 6.07 Å². The van der Waals surface area contributed by atoms with Crippen molar-refractivity contribution in [1.82, 2.24) is 0 Å². The number of benzene rings is 1. The SMILES string of the molecule is Cc1cc(NCCCC(C)C(=O)O)cc([N+](=O)[O-])c1. The fraction of sp³-hybridized carbons (Fsp3) is 0.462. The molecule has 0 bridgehead atoms. The van der Waals surface area contributed by atoms with Crippen LogP contribution in [0.2, 0.25) is 0 Å². The number of carbonyl (C=O) groups is 1. The molecule has 0 heterocycles. The Morgan fingerprint density at radius 1 is 1.47 bits per heavy atom. The van der Waals surface area contributed by atoms with E-state index in [-0.39, 0.29) is 11.6 Å². The first-order valence-corrected chi connectivity index (χ1v) is 6.13. The highest BCUT2D eigenvalue weighted by molar-refractivity contribution is 5.69. The number of anilines is 1. The maximum atomic E-state index is 10.7. The number of nitro benzene ring substituents is 1. The zero-order valence-electron chi connectivity index (χ0n) is 11.0. The van der Waals surface area contributed by atoms with E-state index in [1.165, 1.54) is 12.1 Å². The molecule has 0 saturated carbocycles. The molecule has 0 aliphatic heterocycles. The van der Waals surface area contributed by atoms with Gasteiger partial charge in [-0.1, -0.05) is 6.92 Å². The molecule has 104 valence electrons. The van der Waals surface area contributed by atoms with Gasteiger partial charge >= 0.3 is 5.97 Å². The van der Waals surface area contributed by atoms with Crippen LogP contribution >= 0.6 is 0 Å². The van der Waals surface area contributed by atoms with Gasteiger partial charge in [0.25, 0.3) is 5.69 Å². The van der Waals surface area contributed by atoms with Gasteiger partial charge in [0.15, 0.2) is 0 Å². The molecule has 0 fully saturated rings. The number of nitrogens with one attached hydrogen (secondary N) is 1. The second-order valence-electron chi connectivity index (χ2n) is 4.62. The lowest BCUT2D eigenvalue weighted by atomic mass is 10.1. The highest BCUT2D eigenvalue weighted by Gasteiger charge is 2.10. The quantitative estimate of drug-likeness (QED) is 0.449. The highest BCUT2D eigenvalue weighted by Crippen LogP contribution is 2.20. The summed E-state index contributed by atoms with van der Waals surface area (Å²) in [7, 11) is 0. The Bertz CT molecular complexity index is 474. The zero-order valence-corrected chi connectivity index (χ0v) is 11.0. The average molecular weight is 266 g/mol. The molecule has 0 amide bonds. The Hall–Kier alpha value is -2.11. The van der Waals surface area contributed by atoms with E-state index in [0.29, 0.717) is 25.1 Å². The van der Waals surface area contributed by atoms with Crippen molar-refractivity contribution in [2.45, 2.75) is 26.7 Å². The molecule has 2 N–H and O–H groups in total. The molecular formula is C13H18N2O4. The number of carboxylic acid groups (broad SMARTS) is 1. The summed E-state index contributed by atoms with van der Waals surface area (Å²) >= 11 is 0. The summed E-state index contributed by atoms with van der Waals surface area (Å²) in [5.74, 6) is -1.17. The van der Waals surface area contributed by atoms with Crippen LogP contribution < -0.4 is 5.32 Å². The van der Waals surface area contributed by atoms with Gasteiger partial charge in [-0.25, -0.2) is 0 Å². The maximum absolute atomic E-state index is 10.7. The number of rotatable bonds is 7. The highest BCUT2D eigenvalue weighted by atomic mass is 16.6. The van der Waals surface area contributed by atoms with Crippen molar-refractivity contribution >= 4 is 17.3 Å². The molecular weight excluding hydrogens is 248 g/mol. The van der Waals surface area contributed by atoms with E-state index in [0.717, 1.165) is 5.56 Å². The van der Waals surface area contributed by atoms with Gasteiger partial charge in [-0.15, -0.1) is 0 Å². The number of non-ortho nitro benzene ring substituents is 1. The van der Waals surface area contributed by atoms with Gasteiger partial charge in [-0.05, 0) is 31.4 Å². The van der Waals surface area contributed by atoms with E-state index >= 15 is 0 Å². The molecule has 19 heavy (non-hydrogen) atoms. The number of carboxylic acids is 1. The standard InChI is InChI=1S/C13H18N2O4/c1-9-6-11(8-12(7-9)15(18)19)14-5-3-4-10(2)13(16)17/h6-8,10,14H,3-5H2,1-2H3,(H,16,17). The fourth-order valence-electron chi connectivity index (χ4n) is 1.73. The van der Waals surface area contributed by atoms with Crippen LogP contribution in [0.1, 0.15) is 25.3 Å². The van der Waals surface area contributed by atoms with E-state index in [1.54, 1.807) is 13.8 Å². The summed E-state index contributed by atoms with van der Waals surface area (Å²) in [5, 5.41) is 22.5. The predicted octanol–water partition coefficient (Wildman–Crippen LogP) is 2.82. The Kier molecular flexibility index (Phi) is 5.29. The molecule has 0 aliphatic carbocycles. The van der Waals surface area contributed by atoms with Crippen molar-refractivity contribution < 1.29 is 14.8 Å². The maximum Gasteiger partial charge on any atom is 0.306 e. The number of aliphatic carboxylic acids is 1. The van der Waals surface area contributed by atoms with Gasteiger partial charge in [0.2, 0.25) is 0 Å². The minimum atomic E-state index is -0.800. The van der Waals surface area contributed by atoms with Crippen LogP contribution in [0.15, 0.2) is 18.2 Å². The van der Waals surface area contributed by atoms with Crippen molar-refractivity contribution in [3.63, 3.8) is 0 Å². The Morgan fingerprint density at radius 3 is 2.74 bits per heavy atom. The Balaban J connectivity index is 2.49. The van der Waals surface area contributed by atoms with Gasteiger partial charge in [0, 0.05) is 24.4 Å². The monoisotopic (exact) mass is 266 g/mol. The smallest absolute Gasteiger partial charge is 0.306 e. The molecule has 0 spiro atoms. The van der Waals surface area contributed by atoms with E-state index in [2.05, 4.69) is 5.32 Å². The molecule has 1 aromatic carbocycles. The van der Waals surface area contributed by atoms with Crippen LogP contribution in [0.3, 0.4) is 0 Å². The van der Waals surface area contributed by atoms with Gasteiger partial charge < -0.3 is 10.4 Å². The van der Waals surface area contributed by atoms with Crippen LogP contribution in [0, 0.1) is 23.0 Å². The molecule has 1 atom stereocenters. The molecule has 0 aromatic heterocycles. The second-order valence-corrected chi connectivity index (χ2v) is 4.62. The molecule has 1 unspecified atom stereocenters. The van der Waals surface area contributed by atoms with E-state index < -0.39 is 10.9 Å². The largest absolute Gasteiger partial charge is 0.481 e. The summed E-state index contributed by atoms with van der Waals surface area (Å²) in [6, 6.07) is 4.82. The van der Waals surface area contributed by atoms with Crippen LogP contribution in [0.4, 0.5) is 11.4 Å². The third kappa shape index (κ3) is 4.95. The van der Waals surface area contributed by atoms with Gasteiger partial charge in [0.1, 0.15) is 0 Å². The lowest BCUT2D eigenvalue weighted by molar-refractivity contribution is -0.384. The van der Waals surface area contributed by atoms with Crippen LogP contribution in [0.5, 0.6) is 0 Å². The number of nitrogens with zero attached hydrogens (tertiary/aromatic N) is 1. The second kappa shape index (κ2) is 6.72. The molecule has 0 radical (unpaired) electrons. The van der Waals surface area contributed by atoms with Gasteiger partial charge in [-0.3, -0.25) is 14.9 Å². The predicted molar refractivity (Wildman–Crippen MR) is 72.4 cm³/mol. The summed E-state index contributed by atoms with van der Waals surface area (Å²) < 4.78 is 0. The third-order valence-electron chi connectivity index (χ3n) is 2.84. The summed E-state index contributed by atoms with van der Waals surface area (Å²) in [4.78, 5) is 20.9. The number of hydrogen-bond donors (Lipinski definition) is 2. The fourth-order valence-corrected chi connectivity index (χ4v) is 1.73. The first-order valence-electron chi connectivity index (χ1n) is 6.13. The number of aryl methyl sites for hydroxylation is 1. The third-order valence-corrected chi connectivity index (χ3v) is 2.84. The number of nitro groups is 1. The minimum absolute atomic E-state index is 0.0569. The normalized spacial score (nSPS) is 11.9. The summed E-state index contributed by atoms with van der Waals surface area (Å²) in [6.07, 6.45) is 1.28. The average Bonchev–Trinajstić information content (AvgIpc) is 2.33. The van der Waals surface area contributed by atoms with Crippen LogP contribution in [-0.4, -0.2) is 22.5 Å². The first kappa shape index (κ1) is 14.9.